The van der Waals surface area contributed by atoms with Gasteiger partial charge < -0.3 is 20.3 Å². The molecule has 91 heavy (non-hydrogen) atoms. The second-order valence-corrected chi connectivity index (χ2v) is 28.8. The van der Waals surface area contributed by atoms with Crippen LogP contribution in [0.25, 0.3) is 0 Å². The molecule has 0 aliphatic rings. The first kappa shape index (κ1) is 89.1. The number of aliphatic hydroxyl groups excluding tert-OH is 2. The average Bonchev–Trinajstić information content (AvgIpc) is 3.69. The SMILES string of the molecule is CCCCCCCC/C=C\CCCCCCCC(=O)OCCCCCCCCCCCCCCCCCC/C=C\CCCCCCCCCCCCCCCCCCCC(=O)NC(CO)C(O)/C=C/CCCCCCCCCCCCCCCCCCCCCC. The third-order valence-corrected chi connectivity index (χ3v) is 19.6. The van der Waals surface area contributed by atoms with Gasteiger partial charge in [0.1, 0.15) is 0 Å². The van der Waals surface area contributed by atoms with Crippen LogP contribution in [0.15, 0.2) is 36.5 Å². The molecule has 0 fully saturated rings. The molecule has 2 unspecified atom stereocenters. The monoisotopic (exact) mass is 1280 g/mol. The Morgan fingerprint density at radius 3 is 0.780 bits per heavy atom. The summed E-state index contributed by atoms with van der Waals surface area (Å²) >= 11 is 0. The predicted molar refractivity (Wildman–Crippen MR) is 403 cm³/mol. The first-order valence-electron chi connectivity index (χ1n) is 41.8. The molecule has 0 saturated heterocycles. The fraction of sp³-hybridized carbons (Fsp3) is 0.906. The number of nitrogens with one attached hydrogen (secondary N) is 1. The summed E-state index contributed by atoms with van der Waals surface area (Å²) in [7, 11) is 0. The summed E-state index contributed by atoms with van der Waals surface area (Å²) < 4.78 is 5.50. The smallest absolute Gasteiger partial charge is 0.305 e. The Kier molecular flexibility index (Phi) is 78.8. The van der Waals surface area contributed by atoms with Crippen molar-refractivity contribution in [1.82, 2.24) is 5.32 Å². The van der Waals surface area contributed by atoms with E-state index in [2.05, 4.69) is 43.5 Å². The van der Waals surface area contributed by atoms with E-state index in [0.717, 1.165) is 44.9 Å². The molecule has 0 aromatic carbocycles. The second kappa shape index (κ2) is 80.5. The normalized spacial score (nSPS) is 12.6. The lowest BCUT2D eigenvalue weighted by Crippen LogP contribution is -2.45. The van der Waals surface area contributed by atoms with Gasteiger partial charge in [0, 0.05) is 12.8 Å². The van der Waals surface area contributed by atoms with Crippen LogP contribution in [-0.2, 0) is 14.3 Å². The van der Waals surface area contributed by atoms with Gasteiger partial charge in [0.25, 0.3) is 0 Å². The minimum absolute atomic E-state index is 0.0141. The van der Waals surface area contributed by atoms with E-state index in [1.807, 2.05) is 6.08 Å². The number of aliphatic hydroxyl groups is 2. The van der Waals surface area contributed by atoms with Gasteiger partial charge in [0.05, 0.1) is 25.4 Å². The van der Waals surface area contributed by atoms with Crippen molar-refractivity contribution in [2.75, 3.05) is 13.2 Å². The summed E-state index contributed by atoms with van der Waals surface area (Å²) in [5.74, 6) is -0.0450. The number of allylic oxidation sites excluding steroid dienone is 5. The highest BCUT2D eigenvalue weighted by atomic mass is 16.5. The van der Waals surface area contributed by atoms with Crippen molar-refractivity contribution in [2.24, 2.45) is 0 Å². The third kappa shape index (κ3) is 77.0. The van der Waals surface area contributed by atoms with Crippen LogP contribution in [0.3, 0.4) is 0 Å². The molecular weight excluding hydrogens is 1110 g/mol. The van der Waals surface area contributed by atoms with Crippen LogP contribution in [0, 0.1) is 0 Å². The quantitative estimate of drug-likeness (QED) is 0.0320. The maximum atomic E-state index is 12.6. The van der Waals surface area contributed by atoms with Gasteiger partial charge in [-0.2, -0.15) is 0 Å². The molecule has 538 valence electrons. The molecule has 6 heteroatoms. The van der Waals surface area contributed by atoms with E-state index in [9.17, 15) is 19.8 Å². The topological polar surface area (TPSA) is 95.9 Å². The summed E-state index contributed by atoms with van der Waals surface area (Å²) in [6.45, 7) is 4.95. The number of ether oxygens (including phenoxy) is 1. The van der Waals surface area contributed by atoms with Crippen molar-refractivity contribution < 1.29 is 24.5 Å². The van der Waals surface area contributed by atoms with E-state index < -0.39 is 12.1 Å². The number of esters is 1. The van der Waals surface area contributed by atoms with Crippen LogP contribution >= 0.6 is 0 Å². The molecule has 0 aromatic heterocycles. The van der Waals surface area contributed by atoms with Crippen LogP contribution in [0.1, 0.15) is 470 Å². The molecule has 0 spiro atoms. The molecule has 6 nitrogen and oxygen atoms in total. The summed E-state index contributed by atoms with van der Waals surface area (Å²) in [5, 5.41) is 23.3. The van der Waals surface area contributed by atoms with Gasteiger partial charge >= 0.3 is 5.97 Å². The lowest BCUT2D eigenvalue weighted by atomic mass is 10.0. The van der Waals surface area contributed by atoms with Crippen LogP contribution < -0.4 is 5.32 Å². The van der Waals surface area contributed by atoms with Crippen LogP contribution in [0.5, 0.6) is 0 Å². The van der Waals surface area contributed by atoms with Gasteiger partial charge in [0.2, 0.25) is 5.91 Å². The maximum Gasteiger partial charge on any atom is 0.305 e. The van der Waals surface area contributed by atoms with E-state index in [-0.39, 0.29) is 18.5 Å². The van der Waals surface area contributed by atoms with Gasteiger partial charge in [-0.3, -0.25) is 9.59 Å². The van der Waals surface area contributed by atoms with Gasteiger partial charge in [-0.25, -0.2) is 0 Å². The highest BCUT2D eigenvalue weighted by Crippen LogP contribution is 2.20. The Morgan fingerprint density at radius 1 is 0.297 bits per heavy atom. The lowest BCUT2D eigenvalue weighted by Gasteiger charge is -2.20. The highest BCUT2D eigenvalue weighted by Gasteiger charge is 2.18. The molecule has 0 radical (unpaired) electrons. The largest absolute Gasteiger partial charge is 0.466 e. The van der Waals surface area contributed by atoms with E-state index in [1.165, 1.54) is 398 Å². The van der Waals surface area contributed by atoms with E-state index in [0.29, 0.717) is 19.4 Å². The van der Waals surface area contributed by atoms with E-state index in [1.54, 1.807) is 6.08 Å². The summed E-state index contributed by atoms with van der Waals surface area (Å²) in [5.41, 5.74) is 0. The van der Waals surface area contributed by atoms with Crippen LogP contribution in [0.2, 0.25) is 0 Å². The van der Waals surface area contributed by atoms with Gasteiger partial charge in [-0.1, -0.05) is 410 Å². The summed E-state index contributed by atoms with van der Waals surface area (Å²) in [6.07, 6.45) is 106. The molecule has 0 saturated carbocycles. The standard InChI is InChI=1S/C85H163NO5/c1-3-5-7-9-11-13-15-17-19-20-21-22-40-43-46-50-53-57-61-65-69-73-77-83(88)82(81-87)86-84(89)78-74-70-66-62-58-54-51-47-44-41-38-36-34-32-30-28-26-24-23-25-27-29-31-33-35-37-39-42-45-48-52-56-60-64-68-72-76-80-91-85(90)79-75-71-67-63-59-55-49-18-16-14-12-10-8-6-4-2/h18,23,25,49,73,77,82-83,87-88H,3-17,19-22,24,26-48,50-72,74-76,78-81H2,1-2H3,(H,86,89)/b25-23-,49-18-,77-73+. The predicted octanol–water partition coefficient (Wildman–Crippen LogP) is 27.8. The van der Waals surface area contributed by atoms with Crippen LogP contribution in [-0.4, -0.2) is 47.4 Å². The lowest BCUT2D eigenvalue weighted by molar-refractivity contribution is -0.143. The van der Waals surface area contributed by atoms with Crippen molar-refractivity contribution in [3.05, 3.63) is 36.5 Å². The van der Waals surface area contributed by atoms with E-state index in [4.69, 9.17) is 4.74 Å². The van der Waals surface area contributed by atoms with Crippen molar-refractivity contribution in [1.29, 1.82) is 0 Å². The van der Waals surface area contributed by atoms with Crippen molar-refractivity contribution in [2.45, 2.75) is 482 Å². The number of carbonyl (C=O) groups is 2. The number of carbonyl (C=O) groups excluding carboxylic acids is 2. The number of hydrogen-bond acceptors (Lipinski definition) is 5. The molecule has 0 bridgehead atoms. The third-order valence-electron chi connectivity index (χ3n) is 19.6. The molecule has 0 aliphatic carbocycles. The first-order chi connectivity index (χ1) is 45.0. The van der Waals surface area contributed by atoms with E-state index >= 15 is 0 Å². The van der Waals surface area contributed by atoms with Crippen molar-refractivity contribution in [3.63, 3.8) is 0 Å². The first-order valence-corrected chi connectivity index (χ1v) is 41.8. The van der Waals surface area contributed by atoms with Crippen molar-refractivity contribution in [3.8, 4) is 0 Å². The summed E-state index contributed by atoms with van der Waals surface area (Å²) in [6, 6.07) is -0.626. The Bertz CT molecular complexity index is 1470. The van der Waals surface area contributed by atoms with Gasteiger partial charge in [0.15, 0.2) is 0 Å². The van der Waals surface area contributed by atoms with Gasteiger partial charge in [-0.05, 0) is 83.5 Å². The zero-order chi connectivity index (χ0) is 65.6. The molecule has 0 aromatic rings. The molecule has 2 atom stereocenters. The zero-order valence-corrected chi connectivity index (χ0v) is 61.9. The Balaban J connectivity index is 3.35. The molecular formula is C85H163NO5. The molecule has 3 N–H and O–H groups in total. The highest BCUT2D eigenvalue weighted by molar-refractivity contribution is 5.76. The van der Waals surface area contributed by atoms with Crippen molar-refractivity contribution >= 4 is 11.9 Å². The molecule has 0 heterocycles. The zero-order valence-electron chi connectivity index (χ0n) is 61.9. The molecule has 0 rings (SSSR count). The minimum atomic E-state index is -0.843. The summed E-state index contributed by atoms with van der Waals surface area (Å²) in [4.78, 5) is 24.6. The fourth-order valence-electron chi connectivity index (χ4n) is 13.3. The second-order valence-electron chi connectivity index (χ2n) is 28.8. The Hall–Kier alpha value is -1.92. The number of unbranched alkanes of at least 4 members (excludes halogenated alkanes) is 64. The molecule has 0 aliphatic heterocycles. The minimum Gasteiger partial charge on any atom is -0.466 e. The Labute approximate surface area is 570 Å². The Morgan fingerprint density at radius 2 is 0.516 bits per heavy atom. The maximum absolute atomic E-state index is 12.6. The number of rotatable bonds is 79. The van der Waals surface area contributed by atoms with Crippen LogP contribution in [0.4, 0.5) is 0 Å². The van der Waals surface area contributed by atoms with Gasteiger partial charge in [-0.15, -0.1) is 0 Å². The average molecular weight is 1280 g/mol. The molecule has 1 amide bonds. The number of hydrogen-bond donors (Lipinski definition) is 3. The number of amides is 1. The fourth-order valence-corrected chi connectivity index (χ4v) is 13.3.